The zero-order valence-corrected chi connectivity index (χ0v) is 8.73. The monoisotopic (exact) mass is 195 g/mol. The lowest BCUT2D eigenvalue weighted by molar-refractivity contribution is 0.0684. The van der Waals surface area contributed by atoms with E-state index in [1.807, 2.05) is 10.8 Å². The van der Waals surface area contributed by atoms with Crippen molar-refractivity contribution in [1.29, 1.82) is 0 Å². The van der Waals surface area contributed by atoms with E-state index < -0.39 is 5.97 Å². The van der Waals surface area contributed by atoms with Crippen molar-refractivity contribution in [3.8, 4) is 0 Å². The number of carboxylic acids is 1. The van der Waals surface area contributed by atoms with Crippen molar-refractivity contribution >= 4 is 5.97 Å². The first-order chi connectivity index (χ1) is 6.65. The lowest BCUT2D eigenvalue weighted by Crippen LogP contribution is -2.12. The Morgan fingerprint density at radius 3 is 2.93 bits per heavy atom. The molecule has 0 saturated heterocycles. The Morgan fingerprint density at radius 1 is 1.64 bits per heavy atom. The van der Waals surface area contributed by atoms with Crippen molar-refractivity contribution in [1.82, 2.24) is 4.57 Å². The van der Waals surface area contributed by atoms with E-state index in [0.717, 1.165) is 19.4 Å². The maximum atomic E-state index is 10.8. The van der Waals surface area contributed by atoms with Crippen LogP contribution < -0.4 is 0 Å². The second kappa shape index (κ2) is 4.84. The van der Waals surface area contributed by atoms with Crippen molar-refractivity contribution < 1.29 is 9.90 Å². The minimum absolute atomic E-state index is 0.382. The van der Waals surface area contributed by atoms with Gasteiger partial charge in [-0.15, -0.1) is 0 Å². The van der Waals surface area contributed by atoms with Crippen molar-refractivity contribution in [2.75, 3.05) is 0 Å². The molecule has 1 heterocycles. The highest BCUT2D eigenvalue weighted by molar-refractivity contribution is 5.85. The molecule has 0 radical (unpaired) electrons. The summed E-state index contributed by atoms with van der Waals surface area (Å²) in [7, 11) is 0. The molecule has 0 saturated carbocycles. The topological polar surface area (TPSA) is 42.2 Å². The molecule has 0 bridgehead atoms. The minimum Gasteiger partial charge on any atom is -0.477 e. The normalized spacial score (nSPS) is 12.7. The Hall–Kier alpha value is -1.25. The molecule has 14 heavy (non-hydrogen) atoms. The molecule has 1 atom stereocenters. The van der Waals surface area contributed by atoms with Crippen molar-refractivity contribution in [3.05, 3.63) is 24.0 Å². The van der Waals surface area contributed by atoms with E-state index in [1.54, 1.807) is 12.1 Å². The highest BCUT2D eigenvalue weighted by Crippen LogP contribution is 2.11. The lowest BCUT2D eigenvalue weighted by atomic mass is 10.1. The SMILES string of the molecule is CCCC(C)Cn1cccc1C(=O)O. The third-order valence-electron chi connectivity index (χ3n) is 2.34. The maximum Gasteiger partial charge on any atom is 0.352 e. The van der Waals surface area contributed by atoms with Gasteiger partial charge >= 0.3 is 5.97 Å². The fraction of sp³-hybridized carbons (Fsp3) is 0.545. The third-order valence-corrected chi connectivity index (χ3v) is 2.34. The molecular weight excluding hydrogens is 178 g/mol. The van der Waals surface area contributed by atoms with Gasteiger partial charge in [-0.2, -0.15) is 0 Å². The van der Waals surface area contributed by atoms with Crippen LogP contribution in [0.3, 0.4) is 0 Å². The number of carboxylic acid groups (broad SMARTS) is 1. The second-order valence-corrected chi connectivity index (χ2v) is 3.74. The van der Waals surface area contributed by atoms with E-state index in [-0.39, 0.29) is 0 Å². The first-order valence-corrected chi connectivity index (χ1v) is 5.03. The predicted octanol–water partition coefficient (Wildman–Crippen LogP) is 2.62. The van der Waals surface area contributed by atoms with Crippen LogP contribution in [0.15, 0.2) is 18.3 Å². The molecule has 3 heteroatoms. The van der Waals surface area contributed by atoms with Crippen LogP contribution in [-0.4, -0.2) is 15.6 Å². The number of rotatable bonds is 5. The average Bonchev–Trinajstić information content (AvgIpc) is 2.52. The number of hydrogen-bond acceptors (Lipinski definition) is 1. The quantitative estimate of drug-likeness (QED) is 0.784. The molecule has 0 aliphatic heterocycles. The van der Waals surface area contributed by atoms with Gasteiger partial charge in [0.1, 0.15) is 5.69 Å². The largest absolute Gasteiger partial charge is 0.477 e. The van der Waals surface area contributed by atoms with Gasteiger partial charge in [-0.05, 0) is 24.5 Å². The summed E-state index contributed by atoms with van der Waals surface area (Å²) in [6.45, 7) is 5.09. The fourth-order valence-electron chi connectivity index (χ4n) is 1.69. The van der Waals surface area contributed by atoms with Crippen LogP contribution in [0.1, 0.15) is 37.2 Å². The Balaban J connectivity index is 2.66. The molecular formula is C11H17NO2. The van der Waals surface area contributed by atoms with Gasteiger partial charge in [0, 0.05) is 12.7 Å². The van der Waals surface area contributed by atoms with Crippen LogP contribution in [0, 0.1) is 5.92 Å². The molecule has 1 aromatic heterocycles. The minimum atomic E-state index is -0.848. The Kier molecular flexibility index (Phi) is 3.74. The molecule has 0 fully saturated rings. The van der Waals surface area contributed by atoms with E-state index in [1.165, 1.54) is 0 Å². The molecule has 0 spiro atoms. The first kappa shape index (κ1) is 10.8. The standard InChI is InChI=1S/C11H17NO2/c1-3-5-9(2)8-12-7-4-6-10(12)11(13)14/h4,6-7,9H,3,5,8H2,1-2H3,(H,13,14). The molecule has 0 aliphatic carbocycles. The summed E-state index contributed by atoms with van der Waals surface area (Å²) in [6.07, 6.45) is 4.11. The second-order valence-electron chi connectivity index (χ2n) is 3.74. The molecule has 1 rings (SSSR count). The van der Waals surface area contributed by atoms with Crippen molar-refractivity contribution in [3.63, 3.8) is 0 Å². The van der Waals surface area contributed by atoms with Crippen LogP contribution in [0.25, 0.3) is 0 Å². The van der Waals surface area contributed by atoms with E-state index in [2.05, 4.69) is 13.8 Å². The average molecular weight is 195 g/mol. The number of hydrogen-bond donors (Lipinski definition) is 1. The van der Waals surface area contributed by atoms with Gasteiger partial charge in [0.05, 0.1) is 0 Å². The maximum absolute atomic E-state index is 10.8. The summed E-state index contributed by atoms with van der Waals surface area (Å²) in [6, 6.07) is 3.42. The summed E-state index contributed by atoms with van der Waals surface area (Å²) in [5, 5.41) is 8.88. The van der Waals surface area contributed by atoms with Gasteiger partial charge < -0.3 is 9.67 Å². The summed E-state index contributed by atoms with van der Waals surface area (Å²) in [4.78, 5) is 10.8. The van der Waals surface area contributed by atoms with Gasteiger partial charge in [0.2, 0.25) is 0 Å². The summed E-state index contributed by atoms with van der Waals surface area (Å²) < 4.78 is 1.81. The molecule has 0 aromatic carbocycles. The number of carbonyl (C=O) groups is 1. The molecule has 0 aliphatic rings. The first-order valence-electron chi connectivity index (χ1n) is 5.03. The van der Waals surface area contributed by atoms with E-state index >= 15 is 0 Å². The van der Waals surface area contributed by atoms with Gasteiger partial charge in [-0.1, -0.05) is 20.3 Å². The Morgan fingerprint density at radius 2 is 2.36 bits per heavy atom. The smallest absolute Gasteiger partial charge is 0.352 e. The van der Waals surface area contributed by atoms with Crippen LogP contribution in [0.2, 0.25) is 0 Å². The van der Waals surface area contributed by atoms with Gasteiger partial charge in [-0.25, -0.2) is 4.79 Å². The molecule has 1 unspecified atom stereocenters. The molecule has 1 aromatic rings. The lowest BCUT2D eigenvalue weighted by Gasteiger charge is -2.12. The van der Waals surface area contributed by atoms with Gasteiger partial charge in [-0.3, -0.25) is 0 Å². The number of aromatic carboxylic acids is 1. The van der Waals surface area contributed by atoms with Crippen LogP contribution in [-0.2, 0) is 6.54 Å². The fourth-order valence-corrected chi connectivity index (χ4v) is 1.69. The van der Waals surface area contributed by atoms with Gasteiger partial charge in [0.15, 0.2) is 0 Å². The highest BCUT2D eigenvalue weighted by Gasteiger charge is 2.10. The van der Waals surface area contributed by atoms with Crippen LogP contribution in [0.5, 0.6) is 0 Å². The van der Waals surface area contributed by atoms with E-state index in [4.69, 9.17) is 5.11 Å². The zero-order chi connectivity index (χ0) is 10.6. The summed E-state index contributed by atoms with van der Waals surface area (Å²) >= 11 is 0. The van der Waals surface area contributed by atoms with E-state index in [9.17, 15) is 4.79 Å². The van der Waals surface area contributed by atoms with E-state index in [0.29, 0.717) is 11.6 Å². The third kappa shape index (κ3) is 2.62. The molecule has 78 valence electrons. The highest BCUT2D eigenvalue weighted by atomic mass is 16.4. The Labute approximate surface area is 84.4 Å². The molecule has 0 amide bonds. The number of nitrogens with zero attached hydrogens (tertiary/aromatic N) is 1. The molecule has 3 nitrogen and oxygen atoms in total. The summed E-state index contributed by atoms with van der Waals surface area (Å²) in [5.41, 5.74) is 0.382. The van der Waals surface area contributed by atoms with Crippen LogP contribution in [0.4, 0.5) is 0 Å². The Bertz CT molecular complexity index is 304. The van der Waals surface area contributed by atoms with Crippen molar-refractivity contribution in [2.45, 2.75) is 33.2 Å². The van der Waals surface area contributed by atoms with Crippen LogP contribution >= 0.6 is 0 Å². The summed E-state index contributed by atoms with van der Waals surface area (Å²) in [5.74, 6) is -0.316. The molecule has 1 N–H and O–H groups in total. The number of aromatic nitrogens is 1. The zero-order valence-electron chi connectivity index (χ0n) is 8.73. The predicted molar refractivity (Wildman–Crippen MR) is 55.5 cm³/mol. The van der Waals surface area contributed by atoms with Crippen molar-refractivity contribution in [2.24, 2.45) is 5.92 Å². The van der Waals surface area contributed by atoms with Gasteiger partial charge in [0.25, 0.3) is 0 Å².